The molecular weight excluding hydrogens is 1030 g/mol. The van der Waals surface area contributed by atoms with Crippen molar-refractivity contribution in [3.8, 4) is 0 Å². The Morgan fingerprint density at radius 1 is 0.333 bits per heavy atom. The van der Waals surface area contributed by atoms with Crippen molar-refractivity contribution >= 4 is 11.9 Å². The van der Waals surface area contributed by atoms with Crippen molar-refractivity contribution < 1.29 is 24.5 Å². The molecule has 0 fully saturated rings. The van der Waals surface area contributed by atoms with Crippen LogP contribution in [0.4, 0.5) is 0 Å². The summed E-state index contributed by atoms with van der Waals surface area (Å²) in [5, 5.41) is 23.3. The van der Waals surface area contributed by atoms with Crippen molar-refractivity contribution in [1.82, 2.24) is 5.32 Å². The van der Waals surface area contributed by atoms with Gasteiger partial charge >= 0.3 is 5.97 Å². The largest absolute Gasteiger partial charge is 0.466 e. The third-order valence-corrected chi connectivity index (χ3v) is 17.6. The molecule has 0 aliphatic carbocycles. The lowest BCUT2D eigenvalue weighted by Crippen LogP contribution is -2.45. The Morgan fingerprint density at radius 3 is 0.940 bits per heavy atom. The molecule has 6 heteroatoms. The van der Waals surface area contributed by atoms with E-state index in [-0.39, 0.29) is 18.5 Å². The zero-order chi connectivity index (χ0) is 60.6. The number of hydrogen-bond acceptors (Lipinski definition) is 5. The predicted octanol–water partition coefficient (Wildman–Crippen LogP) is 24.8. The monoisotopic (exact) mass is 1180 g/mol. The number of allylic oxidation sites excluding steroid dienone is 7. The second kappa shape index (κ2) is 73.3. The molecule has 0 heterocycles. The van der Waals surface area contributed by atoms with Gasteiger partial charge in [-0.2, -0.15) is 0 Å². The van der Waals surface area contributed by atoms with Crippen LogP contribution in [0.3, 0.4) is 0 Å². The van der Waals surface area contributed by atoms with Crippen LogP contribution in [0.25, 0.3) is 0 Å². The van der Waals surface area contributed by atoms with Gasteiger partial charge in [0.25, 0.3) is 0 Å². The second-order valence-corrected chi connectivity index (χ2v) is 26.0. The zero-order valence-electron chi connectivity index (χ0n) is 56.6. The lowest BCUT2D eigenvalue weighted by molar-refractivity contribution is -0.143. The van der Waals surface area contributed by atoms with Crippen LogP contribution in [-0.2, 0) is 14.3 Å². The van der Waals surface area contributed by atoms with Crippen molar-refractivity contribution in [1.29, 1.82) is 0 Å². The molecule has 0 aromatic rings. The van der Waals surface area contributed by atoms with Gasteiger partial charge in [-0.1, -0.05) is 358 Å². The molecular formula is C78H147NO5. The topological polar surface area (TPSA) is 95.9 Å². The van der Waals surface area contributed by atoms with E-state index in [9.17, 15) is 19.8 Å². The molecule has 494 valence electrons. The Kier molecular flexibility index (Phi) is 71.4. The van der Waals surface area contributed by atoms with Gasteiger partial charge in [-0.3, -0.25) is 9.59 Å². The third-order valence-electron chi connectivity index (χ3n) is 17.6. The fraction of sp³-hybridized carbons (Fsp3) is 0.872. The number of hydrogen-bond donors (Lipinski definition) is 3. The van der Waals surface area contributed by atoms with Crippen LogP contribution in [0, 0.1) is 0 Å². The maximum atomic E-state index is 12.5. The molecule has 3 N–H and O–H groups in total. The van der Waals surface area contributed by atoms with E-state index in [2.05, 4.69) is 55.6 Å². The van der Waals surface area contributed by atoms with Crippen molar-refractivity contribution in [2.24, 2.45) is 0 Å². The molecule has 2 atom stereocenters. The Balaban J connectivity index is 3.39. The fourth-order valence-corrected chi connectivity index (χ4v) is 11.8. The molecule has 0 radical (unpaired) electrons. The molecule has 2 unspecified atom stereocenters. The maximum absolute atomic E-state index is 12.5. The number of nitrogens with one attached hydrogen (secondary N) is 1. The van der Waals surface area contributed by atoms with Crippen LogP contribution in [-0.4, -0.2) is 47.4 Å². The number of ether oxygens (including phenoxy) is 1. The molecule has 0 saturated heterocycles. The lowest BCUT2D eigenvalue weighted by Gasteiger charge is -2.20. The molecule has 1 amide bonds. The standard InChI is InChI=1S/C78H147NO5/c1-3-5-7-9-11-13-15-17-19-21-22-35-39-42-46-50-54-58-62-66-70-76(81)75(74-80)79-77(82)71-67-63-59-55-51-47-43-40-36-33-31-29-27-25-23-24-26-28-30-32-34-37-41-45-49-53-57-61-65-69-73-84-78(83)72-68-64-60-56-52-48-44-38-20-18-16-14-12-10-8-6-4-2/h12,14,18,20,24,26,66,70,75-76,80-81H,3-11,13,15-17,19,21-23,25,27-65,67-69,71-74H2,1-2H3,(H,79,82)/b14-12-,20-18-,26-24-,70-66+. The molecule has 0 aliphatic heterocycles. The Hall–Kier alpha value is -2.18. The predicted molar refractivity (Wildman–Crippen MR) is 370 cm³/mol. The first-order chi connectivity index (χ1) is 41.5. The van der Waals surface area contributed by atoms with Crippen LogP contribution in [0.5, 0.6) is 0 Å². The van der Waals surface area contributed by atoms with Gasteiger partial charge in [0.1, 0.15) is 0 Å². The summed E-state index contributed by atoms with van der Waals surface area (Å²) in [4.78, 5) is 24.6. The van der Waals surface area contributed by atoms with E-state index in [0.29, 0.717) is 19.4 Å². The number of amides is 1. The van der Waals surface area contributed by atoms with Crippen LogP contribution in [0.15, 0.2) is 48.6 Å². The Labute approximate surface area is 525 Å². The minimum absolute atomic E-state index is 0.00938. The average Bonchev–Trinajstić information content (AvgIpc) is 3.51. The number of aliphatic hydroxyl groups excluding tert-OH is 2. The number of carbonyl (C=O) groups excluding carboxylic acids is 2. The lowest BCUT2D eigenvalue weighted by atomic mass is 10.0. The Morgan fingerprint density at radius 2 is 0.595 bits per heavy atom. The first-order valence-corrected chi connectivity index (χ1v) is 37.9. The highest BCUT2D eigenvalue weighted by atomic mass is 16.5. The number of carbonyl (C=O) groups is 2. The van der Waals surface area contributed by atoms with E-state index in [1.807, 2.05) is 6.08 Å². The van der Waals surface area contributed by atoms with Crippen LogP contribution < -0.4 is 5.32 Å². The van der Waals surface area contributed by atoms with Gasteiger partial charge in [0.15, 0.2) is 0 Å². The SMILES string of the molecule is CCCCC/C=C\C/C=C\CCCCCCCCCC(=O)OCCCCCCCCCCCCCC/C=C\CCCCCCCCCCCCCCCCC(=O)NC(CO)C(O)/C=C/CCCCCCCCCCCCCCCCCCCC. The molecule has 0 aromatic carbocycles. The summed E-state index contributed by atoms with van der Waals surface area (Å²) < 4.78 is 5.50. The number of rotatable bonds is 71. The van der Waals surface area contributed by atoms with Crippen LogP contribution in [0.2, 0.25) is 0 Å². The van der Waals surface area contributed by atoms with Crippen molar-refractivity contribution in [2.75, 3.05) is 13.2 Å². The number of aliphatic hydroxyl groups is 2. The smallest absolute Gasteiger partial charge is 0.305 e. The van der Waals surface area contributed by atoms with Gasteiger partial charge < -0.3 is 20.3 Å². The Bertz CT molecular complexity index is 1400. The summed E-state index contributed by atoms with van der Waals surface area (Å²) in [6.07, 6.45) is 96.4. The van der Waals surface area contributed by atoms with Crippen LogP contribution in [0.1, 0.15) is 412 Å². The summed E-state index contributed by atoms with van der Waals surface area (Å²) in [6.45, 7) is 4.91. The second-order valence-electron chi connectivity index (χ2n) is 26.0. The van der Waals surface area contributed by atoms with E-state index in [4.69, 9.17) is 4.74 Å². The molecule has 0 rings (SSSR count). The molecule has 0 saturated carbocycles. The van der Waals surface area contributed by atoms with Crippen LogP contribution >= 0.6 is 0 Å². The molecule has 0 bridgehead atoms. The normalized spacial score (nSPS) is 12.8. The summed E-state index contributed by atoms with van der Waals surface area (Å²) >= 11 is 0. The molecule has 84 heavy (non-hydrogen) atoms. The molecule has 0 aliphatic rings. The van der Waals surface area contributed by atoms with E-state index in [0.717, 1.165) is 51.4 Å². The quantitative estimate of drug-likeness (QED) is 0.0320. The minimum Gasteiger partial charge on any atom is -0.466 e. The highest BCUT2D eigenvalue weighted by Crippen LogP contribution is 2.19. The van der Waals surface area contributed by atoms with E-state index < -0.39 is 12.1 Å². The number of esters is 1. The molecule has 6 nitrogen and oxygen atoms in total. The molecule has 0 spiro atoms. The summed E-state index contributed by atoms with van der Waals surface area (Å²) in [5.41, 5.74) is 0. The van der Waals surface area contributed by atoms with E-state index in [1.54, 1.807) is 6.08 Å². The van der Waals surface area contributed by atoms with Gasteiger partial charge in [0.05, 0.1) is 25.4 Å². The van der Waals surface area contributed by atoms with Gasteiger partial charge in [-0.15, -0.1) is 0 Å². The van der Waals surface area contributed by atoms with Gasteiger partial charge in [0.2, 0.25) is 5.91 Å². The van der Waals surface area contributed by atoms with Crippen molar-refractivity contribution in [3.05, 3.63) is 48.6 Å². The molecule has 0 aromatic heterocycles. The first kappa shape index (κ1) is 81.8. The fourth-order valence-electron chi connectivity index (χ4n) is 11.8. The van der Waals surface area contributed by atoms with Gasteiger partial charge in [0, 0.05) is 12.8 Å². The maximum Gasteiger partial charge on any atom is 0.305 e. The first-order valence-electron chi connectivity index (χ1n) is 37.9. The highest BCUT2D eigenvalue weighted by molar-refractivity contribution is 5.76. The van der Waals surface area contributed by atoms with Crippen molar-refractivity contribution in [3.63, 3.8) is 0 Å². The van der Waals surface area contributed by atoms with E-state index in [1.165, 1.54) is 334 Å². The number of unbranched alkanes of at least 4 members (excludes halogenated alkanes) is 54. The van der Waals surface area contributed by atoms with E-state index >= 15 is 0 Å². The zero-order valence-corrected chi connectivity index (χ0v) is 56.6. The summed E-state index contributed by atoms with van der Waals surface area (Å²) in [6, 6.07) is -0.628. The van der Waals surface area contributed by atoms with Gasteiger partial charge in [-0.25, -0.2) is 0 Å². The average molecular weight is 1180 g/mol. The summed E-state index contributed by atoms with van der Waals surface area (Å²) in [7, 11) is 0. The third kappa shape index (κ3) is 68.9. The summed E-state index contributed by atoms with van der Waals surface area (Å²) in [5.74, 6) is -0.0536. The van der Waals surface area contributed by atoms with Gasteiger partial charge in [-0.05, 0) is 89.9 Å². The minimum atomic E-state index is -0.845. The highest BCUT2D eigenvalue weighted by Gasteiger charge is 2.18. The van der Waals surface area contributed by atoms with Crippen molar-refractivity contribution in [2.45, 2.75) is 424 Å².